The standard InChI is InChI=1S/C26H33F5N4O11/c1-8(24(42)34-11(23(32)41)4-5-14(38)39)33-25(43)9(2)45-22-20(26(44-3)46-12(7-36)21(22)40)35-13(37)6-10-15(27)17(29)19(31)18(30)16(10)28/h8-9,11-12,20-22,26,36,40H,4-7H2,1-3H3,(H2,32,41)(H,33,43)(H,34,42)(H,35,37)(H,38,39)/t8-,9+,11+,12+,20+,21+,22+,26+/m0/s1. The van der Waals surface area contributed by atoms with Crippen molar-refractivity contribution in [3.05, 3.63) is 34.6 Å². The molecule has 0 radical (unpaired) electrons. The number of ether oxygens (including phenoxy) is 3. The maximum atomic E-state index is 14.2. The van der Waals surface area contributed by atoms with Gasteiger partial charge in [0.2, 0.25) is 29.4 Å². The first-order valence-corrected chi connectivity index (χ1v) is 13.5. The largest absolute Gasteiger partial charge is 0.481 e. The Morgan fingerprint density at radius 3 is 2.02 bits per heavy atom. The van der Waals surface area contributed by atoms with Crippen LogP contribution in [0.15, 0.2) is 0 Å². The zero-order valence-electron chi connectivity index (χ0n) is 24.5. The van der Waals surface area contributed by atoms with E-state index < -0.39 is 133 Å². The Labute approximate surface area is 257 Å². The number of amides is 4. The number of carboxylic acid groups (broad SMARTS) is 1. The normalized spacial score (nSPS) is 23.1. The molecule has 1 fully saturated rings. The summed E-state index contributed by atoms with van der Waals surface area (Å²) in [7, 11) is 1.06. The molecule has 15 nitrogen and oxygen atoms in total. The van der Waals surface area contributed by atoms with Gasteiger partial charge in [0.25, 0.3) is 0 Å². The summed E-state index contributed by atoms with van der Waals surface area (Å²) in [4.78, 5) is 60.5. The van der Waals surface area contributed by atoms with E-state index in [2.05, 4.69) is 16.0 Å². The van der Waals surface area contributed by atoms with Gasteiger partial charge in [0.05, 0.1) is 13.0 Å². The Kier molecular flexibility index (Phi) is 13.7. The third-order valence-corrected chi connectivity index (χ3v) is 6.84. The van der Waals surface area contributed by atoms with Gasteiger partial charge in [-0.25, -0.2) is 22.0 Å². The summed E-state index contributed by atoms with van der Waals surface area (Å²) in [5, 5.41) is 35.8. The van der Waals surface area contributed by atoms with Crippen LogP contribution in [0.2, 0.25) is 0 Å². The molecule has 8 atom stereocenters. The summed E-state index contributed by atoms with van der Waals surface area (Å²) in [6.07, 6.45) is -10.2. The molecule has 1 aromatic rings. The molecule has 20 heteroatoms. The van der Waals surface area contributed by atoms with Crippen LogP contribution in [0, 0.1) is 29.1 Å². The molecule has 0 spiro atoms. The minimum atomic E-state index is -2.43. The Balaban J connectivity index is 2.21. The fourth-order valence-electron chi connectivity index (χ4n) is 4.33. The molecule has 1 aliphatic heterocycles. The molecule has 2 rings (SSSR count). The molecule has 0 aliphatic carbocycles. The molecule has 0 saturated carbocycles. The smallest absolute Gasteiger partial charge is 0.303 e. The van der Waals surface area contributed by atoms with Crippen molar-refractivity contribution >= 4 is 29.6 Å². The van der Waals surface area contributed by atoms with Crippen molar-refractivity contribution < 1.29 is 75.5 Å². The van der Waals surface area contributed by atoms with E-state index in [-0.39, 0.29) is 6.42 Å². The van der Waals surface area contributed by atoms with Crippen molar-refractivity contribution in [1.82, 2.24) is 16.0 Å². The molecule has 0 unspecified atom stereocenters. The van der Waals surface area contributed by atoms with Gasteiger partial charge >= 0.3 is 5.97 Å². The molecular weight excluding hydrogens is 639 g/mol. The fraction of sp³-hybridized carbons (Fsp3) is 0.577. The first-order chi connectivity index (χ1) is 21.4. The van der Waals surface area contributed by atoms with E-state index in [4.69, 9.17) is 25.1 Å². The average molecular weight is 673 g/mol. The highest BCUT2D eigenvalue weighted by atomic mass is 19.2. The minimum absolute atomic E-state index is 0.331. The fourth-order valence-corrected chi connectivity index (χ4v) is 4.33. The molecule has 46 heavy (non-hydrogen) atoms. The maximum Gasteiger partial charge on any atom is 0.303 e. The summed E-state index contributed by atoms with van der Waals surface area (Å²) in [6, 6.07) is -4.33. The van der Waals surface area contributed by atoms with Crippen LogP contribution < -0.4 is 21.7 Å². The number of halogens is 5. The van der Waals surface area contributed by atoms with Gasteiger partial charge in [-0.05, 0) is 20.3 Å². The molecule has 1 aromatic carbocycles. The maximum absolute atomic E-state index is 14.2. The van der Waals surface area contributed by atoms with Crippen LogP contribution >= 0.6 is 0 Å². The van der Waals surface area contributed by atoms with E-state index in [1.54, 1.807) is 0 Å². The molecule has 258 valence electrons. The molecule has 1 saturated heterocycles. The van der Waals surface area contributed by atoms with Crippen LogP contribution in [-0.2, 0) is 44.6 Å². The van der Waals surface area contributed by atoms with Crippen LogP contribution in [0.4, 0.5) is 22.0 Å². The van der Waals surface area contributed by atoms with E-state index in [1.165, 1.54) is 6.92 Å². The van der Waals surface area contributed by atoms with Crippen LogP contribution in [0.5, 0.6) is 0 Å². The lowest BCUT2D eigenvalue weighted by Gasteiger charge is -2.44. The zero-order chi connectivity index (χ0) is 35.0. The van der Waals surface area contributed by atoms with E-state index in [0.29, 0.717) is 0 Å². The predicted octanol–water partition coefficient (Wildman–Crippen LogP) is -1.75. The number of carbonyl (C=O) groups is 5. The second-order valence-electron chi connectivity index (χ2n) is 10.1. The molecule has 0 bridgehead atoms. The number of aliphatic hydroxyl groups excluding tert-OH is 2. The van der Waals surface area contributed by atoms with Gasteiger partial charge in [-0.1, -0.05) is 0 Å². The van der Waals surface area contributed by atoms with Crippen molar-refractivity contribution in [3.8, 4) is 0 Å². The lowest BCUT2D eigenvalue weighted by molar-refractivity contribution is -0.274. The molecule has 1 heterocycles. The van der Waals surface area contributed by atoms with Crippen LogP contribution in [0.1, 0.15) is 32.3 Å². The summed E-state index contributed by atoms with van der Waals surface area (Å²) in [5.41, 5.74) is 3.71. The number of nitrogens with one attached hydrogen (secondary N) is 3. The van der Waals surface area contributed by atoms with Gasteiger partial charge in [0.15, 0.2) is 29.6 Å². The average Bonchev–Trinajstić information content (AvgIpc) is 3.00. The summed E-state index contributed by atoms with van der Waals surface area (Å²) in [6.45, 7) is 1.52. The quantitative estimate of drug-likeness (QED) is 0.0627. The summed E-state index contributed by atoms with van der Waals surface area (Å²) < 4.78 is 85.1. The van der Waals surface area contributed by atoms with Crippen LogP contribution in [0.3, 0.4) is 0 Å². The molecule has 8 N–H and O–H groups in total. The second kappa shape index (κ2) is 16.5. The molecular formula is C26H33F5N4O11. The predicted molar refractivity (Wildman–Crippen MR) is 141 cm³/mol. The number of aliphatic hydroxyl groups is 2. The van der Waals surface area contributed by atoms with E-state index in [9.17, 15) is 56.1 Å². The van der Waals surface area contributed by atoms with Gasteiger partial charge < -0.3 is 51.2 Å². The second-order valence-corrected chi connectivity index (χ2v) is 10.1. The van der Waals surface area contributed by atoms with Gasteiger partial charge in [-0.3, -0.25) is 24.0 Å². The number of carbonyl (C=O) groups excluding carboxylic acids is 4. The van der Waals surface area contributed by atoms with Gasteiger partial charge in [0.1, 0.15) is 42.5 Å². The molecule has 1 aliphatic rings. The highest BCUT2D eigenvalue weighted by Gasteiger charge is 2.48. The van der Waals surface area contributed by atoms with Gasteiger partial charge in [-0.15, -0.1) is 0 Å². The van der Waals surface area contributed by atoms with Crippen LogP contribution in [0.25, 0.3) is 0 Å². The molecule has 4 amide bonds. The lowest BCUT2D eigenvalue weighted by atomic mass is 9.96. The van der Waals surface area contributed by atoms with Crippen molar-refractivity contribution in [3.63, 3.8) is 0 Å². The Hall–Kier alpha value is -3.98. The highest BCUT2D eigenvalue weighted by molar-refractivity contribution is 5.92. The molecule has 0 aromatic heterocycles. The summed E-state index contributed by atoms with van der Waals surface area (Å²) >= 11 is 0. The number of primary amides is 1. The number of aliphatic carboxylic acids is 1. The highest BCUT2D eigenvalue weighted by Crippen LogP contribution is 2.27. The first-order valence-electron chi connectivity index (χ1n) is 13.5. The van der Waals surface area contributed by atoms with E-state index in [1.807, 2.05) is 0 Å². The number of methoxy groups -OCH3 is 1. The lowest BCUT2D eigenvalue weighted by Crippen LogP contribution is -2.66. The first kappa shape index (κ1) is 38.2. The number of benzene rings is 1. The van der Waals surface area contributed by atoms with Crippen molar-refractivity contribution in [2.75, 3.05) is 13.7 Å². The number of rotatable bonds is 15. The van der Waals surface area contributed by atoms with Gasteiger partial charge in [0, 0.05) is 19.1 Å². The van der Waals surface area contributed by atoms with E-state index >= 15 is 0 Å². The van der Waals surface area contributed by atoms with Crippen molar-refractivity contribution in [2.24, 2.45) is 5.73 Å². The van der Waals surface area contributed by atoms with E-state index in [0.717, 1.165) is 14.0 Å². The van der Waals surface area contributed by atoms with Gasteiger partial charge in [-0.2, -0.15) is 0 Å². The van der Waals surface area contributed by atoms with Crippen molar-refractivity contribution in [1.29, 1.82) is 0 Å². The Bertz CT molecular complexity index is 1290. The third kappa shape index (κ3) is 9.28. The Morgan fingerprint density at radius 1 is 0.957 bits per heavy atom. The number of carboxylic acids is 1. The number of hydrogen-bond donors (Lipinski definition) is 7. The monoisotopic (exact) mass is 672 g/mol. The summed E-state index contributed by atoms with van der Waals surface area (Å²) in [5.74, 6) is -17.1. The van der Waals surface area contributed by atoms with Crippen molar-refractivity contribution in [2.45, 2.75) is 81.9 Å². The Morgan fingerprint density at radius 2 is 1.52 bits per heavy atom. The number of nitrogens with two attached hydrogens (primary N) is 1. The number of hydrogen-bond acceptors (Lipinski definition) is 10. The third-order valence-electron chi connectivity index (χ3n) is 6.84. The topological polar surface area (TPSA) is 236 Å². The van der Waals surface area contributed by atoms with Crippen LogP contribution in [-0.4, -0.2) is 107 Å². The zero-order valence-corrected chi connectivity index (χ0v) is 24.5. The SMILES string of the molecule is CO[C@@H]1O[C@H](CO)[C@@H](O)[C@H](O[C@H](C)C(=O)N[C@@H](C)C(=O)N[C@H](CCC(=O)O)C(N)=O)[C@H]1NC(=O)Cc1c(F)c(F)c(F)c(F)c1F. The minimum Gasteiger partial charge on any atom is -0.481 e.